The van der Waals surface area contributed by atoms with E-state index < -0.39 is 9.84 Å². The second kappa shape index (κ2) is 4.38. The standard InChI is InChI=1S/C13H14N2O3S/c1-19(16,17)11-5-3-10(4-6-11)12-9-14-15-7-2-8-18-13(12)15/h3-6,9H,2,7-8H2,1H3. The molecule has 2 heterocycles. The van der Waals surface area contributed by atoms with Crippen LogP contribution in [-0.2, 0) is 16.4 Å². The van der Waals surface area contributed by atoms with Gasteiger partial charge in [0, 0.05) is 19.2 Å². The summed E-state index contributed by atoms with van der Waals surface area (Å²) >= 11 is 0. The monoisotopic (exact) mass is 278 g/mol. The van der Waals surface area contributed by atoms with Gasteiger partial charge in [-0.2, -0.15) is 5.10 Å². The van der Waals surface area contributed by atoms with Crippen LogP contribution in [0, 0.1) is 0 Å². The van der Waals surface area contributed by atoms with Crippen LogP contribution in [0.25, 0.3) is 11.1 Å². The van der Waals surface area contributed by atoms with Gasteiger partial charge in [0.1, 0.15) is 0 Å². The molecule has 1 aromatic heterocycles. The predicted octanol–water partition coefficient (Wildman–Crippen LogP) is 1.74. The molecule has 100 valence electrons. The first-order chi connectivity index (χ1) is 9.05. The van der Waals surface area contributed by atoms with E-state index >= 15 is 0 Å². The molecule has 0 saturated carbocycles. The molecule has 0 N–H and O–H groups in total. The Labute approximate surface area is 111 Å². The Morgan fingerprint density at radius 2 is 2.00 bits per heavy atom. The molecule has 2 aromatic rings. The van der Waals surface area contributed by atoms with Gasteiger partial charge in [0.2, 0.25) is 5.88 Å². The van der Waals surface area contributed by atoms with Gasteiger partial charge in [-0.05, 0) is 17.7 Å². The van der Waals surface area contributed by atoms with E-state index in [4.69, 9.17) is 4.74 Å². The van der Waals surface area contributed by atoms with Crippen LogP contribution >= 0.6 is 0 Å². The second-order valence-electron chi connectivity index (χ2n) is 4.59. The summed E-state index contributed by atoms with van der Waals surface area (Å²) in [4.78, 5) is 0.318. The Balaban J connectivity index is 2.01. The fraction of sp³-hybridized carbons (Fsp3) is 0.308. The summed E-state index contributed by atoms with van der Waals surface area (Å²) < 4.78 is 30.3. The fourth-order valence-corrected chi connectivity index (χ4v) is 2.78. The number of benzene rings is 1. The lowest BCUT2D eigenvalue weighted by atomic mass is 10.1. The van der Waals surface area contributed by atoms with Gasteiger partial charge in [-0.25, -0.2) is 13.1 Å². The van der Waals surface area contributed by atoms with Crippen LogP contribution in [0.5, 0.6) is 5.88 Å². The molecule has 0 spiro atoms. The summed E-state index contributed by atoms with van der Waals surface area (Å²) in [5.41, 5.74) is 1.82. The van der Waals surface area contributed by atoms with Crippen LogP contribution in [-0.4, -0.2) is 31.1 Å². The van der Waals surface area contributed by atoms with Crippen LogP contribution in [0.1, 0.15) is 6.42 Å². The van der Waals surface area contributed by atoms with Gasteiger partial charge in [-0.15, -0.1) is 0 Å². The van der Waals surface area contributed by atoms with E-state index in [1.165, 1.54) is 6.26 Å². The third-order valence-corrected chi connectivity index (χ3v) is 4.27. The first-order valence-electron chi connectivity index (χ1n) is 6.05. The zero-order chi connectivity index (χ0) is 13.5. The lowest BCUT2D eigenvalue weighted by Gasteiger charge is -2.16. The van der Waals surface area contributed by atoms with Crippen molar-refractivity contribution < 1.29 is 13.2 Å². The molecule has 3 rings (SSSR count). The minimum absolute atomic E-state index is 0.318. The molecule has 0 saturated heterocycles. The summed E-state index contributed by atoms with van der Waals surface area (Å²) in [6.07, 6.45) is 3.92. The molecule has 0 unspecified atom stereocenters. The van der Waals surface area contributed by atoms with Crippen molar-refractivity contribution in [1.29, 1.82) is 0 Å². The van der Waals surface area contributed by atoms with Crippen LogP contribution in [0.15, 0.2) is 35.4 Å². The van der Waals surface area contributed by atoms with E-state index in [9.17, 15) is 8.42 Å². The number of hydrogen-bond donors (Lipinski definition) is 0. The first kappa shape index (κ1) is 12.2. The quantitative estimate of drug-likeness (QED) is 0.839. The predicted molar refractivity (Wildman–Crippen MR) is 70.9 cm³/mol. The topological polar surface area (TPSA) is 61.2 Å². The molecular weight excluding hydrogens is 264 g/mol. The molecule has 0 bridgehead atoms. The third kappa shape index (κ3) is 2.23. The van der Waals surface area contributed by atoms with Crippen molar-refractivity contribution in [3.05, 3.63) is 30.5 Å². The Morgan fingerprint density at radius 3 is 2.68 bits per heavy atom. The van der Waals surface area contributed by atoms with Crippen LogP contribution in [0.3, 0.4) is 0 Å². The van der Waals surface area contributed by atoms with Crippen molar-refractivity contribution in [1.82, 2.24) is 9.78 Å². The van der Waals surface area contributed by atoms with Crippen LogP contribution < -0.4 is 4.74 Å². The molecule has 0 aliphatic carbocycles. The number of ether oxygens (including phenoxy) is 1. The number of fused-ring (bicyclic) bond motifs is 1. The maximum Gasteiger partial charge on any atom is 0.219 e. The van der Waals surface area contributed by atoms with E-state index in [0.717, 1.165) is 30.0 Å². The maximum atomic E-state index is 11.4. The molecule has 0 atom stereocenters. The summed E-state index contributed by atoms with van der Waals surface area (Å²) in [5.74, 6) is 0.762. The summed E-state index contributed by atoms with van der Waals surface area (Å²) in [7, 11) is -3.16. The van der Waals surface area contributed by atoms with E-state index in [1.54, 1.807) is 30.5 Å². The van der Waals surface area contributed by atoms with E-state index in [2.05, 4.69) is 5.10 Å². The molecular formula is C13H14N2O3S. The summed E-state index contributed by atoms with van der Waals surface area (Å²) in [6, 6.07) is 6.79. The van der Waals surface area contributed by atoms with Gasteiger partial charge < -0.3 is 4.74 Å². The number of aryl methyl sites for hydroxylation is 1. The zero-order valence-electron chi connectivity index (χ0n) is 10.5. The Hall–Kier alpha value is -1.82. The molecule has 1 aromatic carbocycles. The van der Waals surface area contributed by atoms with Crippen molar-refractivity contribution >= 4 is 9.84 Å². The van der Waals surface area contributed by atoms with Gasteiger partial charge >= 0.3 is 0 Å². The van der Waals surface area contributed by atoms with Gasteiger partial charge in [-0.3, -0.25) is 0 Å². The van der Waals surface area contributed by atoms with E-state index in [0.29, 0.717) is 11.5 Å². The highest BCUT2D eigenvalue weighted by molar-refractivity contribution is 7.90. The number of sulfone groups is 1. The van der Waals surface area contributed by atoms with Crippen molar-refractivity contribution in [3.8, 4) is 17.0 Å². The normalized spacial score (nSPS) is 14.8. The second-order valence-corrected chi connectivity index (χ2v) is 6.60. The smallest absolute Gasteiger partial charge is 0.219 e. The number of hydrogen-bond acceptors (Lipinski definition) is 4. The molecule has 19 heavy (non-hydrogen) atoms. The first-order valence-corrected chi connectivity index (χ1v) is 7.94. The zero-order valence-corrected chi connectivity index (χ0v) is 11.4. The van der Waals surface area contributed by atoms with Crippen molar-refractivity contribution in [2.75, 3.05) is 12.9 Å². The van der Waals surface area contributed by atoms with Crippen molar-refractivity contribution in [2.45, 2.75) is 17.9 Å². The van der Waals surface area contributed by atoms with Gasteiger partial charge in [0.15, 0.2) is 9.84 Å². The number of aromatic nitrogens is 2. The average Bonchev–Trinajstić information content (AvgIpc) is 2.82. The van der Waals surface area contributed by atoms with Gasteiger partial charge in [0.25, 0.3) is 0 Å². The molecule has 0 amide bonds. The van der Waals surface area contributed by atoms with Crippen LogP contribution in [0.2, 0.25) is 0 Å². The molecule has 1 aliphatic rings. The Morgan fingerprint density at radius 1 is 1.26 bits per heavy atom. The Bertz CT molecular complexity index is 702. The highest BCUT2D eigenvalue weighted by Crippen LogP contribution is 2.32. The molecule has 0 radical (unpaired) electrons. The lowest BCUT2D eigenvalue weighted by Crippen LogP contribution is -2.14. The Kier molecular flexibility index (Phi) is 2.82. The lowest BCUT2D eigenvalue weighted by molar-refractivity contribution is 0.231. The average molecular weight is 278 g/mol. The minimum atomic E-state index is -3.16. The largest absolute Gasteiger partial charge is 0.477 e. The van der Waals surface area contributed by atoms with E-state index in [-0.39, 0.29) is 0 Å². The number of nitrogens with zero attached hydrogens (tertiary/aromatic N) is 2. The van der Waals surface area contributed by atoms with Gasteiger partial charge in [-0.1, -0.05) is 12.1 Å². The fourth-order valence-electron chi connectivity index (χ4n) is 2.15. The maximum absolute atomic E-state index is 11.4. The summed E-state index contributed by atoms with van der Waals surface area (Å²) in [6.45, 7) is 1.55. The van der Waals surface area contributed by atoms with Crippen LogP contribution in [0.4, 0.5) is 0 Å². The van der Waals surface area contributed by atoms with E-state index in [1.807, 2.05) is 4.68 Å². The number of rotatable bonds is 2. The molecule has 1 aliphatic heterocycles. The highest BCUT2D eigenvalue weighted by Gasteiger charge is 2.17. The molecule has 5 nitrogen and oxygen atoms in total. The highest BCUT2D eigenvalue weighted by atomic mass is 32.2. The van der Waals surface area contributed by atoms with Crippen molar-refractivity contribution in [3.63, 3.8) is 0 Å². The minimum Gasteiger partial charge on any atom is -0.477 e. The SMILES string of the molecule is CS(=O)(=O)c1ccc(-c2cnn3c2OCCC3)cc1. The van der Waals surface area contributed by atoms with Crippen molar-refractivity contribution in [2.24, 2.45) is 0 Å². The van der Waals surface area contributed by atoms with Gasteiger partial charge in [0.05, 0.1) is 23.3 Å². The summed E-state index contributed by atoms with van der Waals surface area (Å²) in [5, 5.41) is 4.28. The molecule has 6 heteroatoms. The molecule has 0 fully saturated rings. The third-order valence-electron chi connectivity index (χ3n) is 3.14.